The molecule has 0 radical (unpaired) electrons. The number of nitrogens with zero attached hydrogens (tertiary/aromatic N) is 5. The van der Waals surface area contributed by atoms with Crippen LogP contribution in [-0.4, -0.2) is 70.9 Å². The molecule has 1 aromatic rings. The number of aryl methyl sites for hydroxylation is 1. The molecule has 2 fully saturated rings. The third kappa shape index (κ3) is 4.78. The van der Waals surface area contributed by atoms with Crippen LogP contribution < -0.4 is 5.32 Å². The standard InChI is InChI=1S/C20H36N6/c1-5-21-20(22-11-17-7-6-9-25(13-17)16(2)3)26-10-8-18(15-26)19-12-23-24(4)14-19/h12,14,16-18H,5-11,13,15H2,1-4H3,(H,21,22). The van der Waals surface area contributed by atoms with Gasteiger partial charge in [-0.3, -0.25) is 9.67 Å². The molecule has 6 nitrogen and oxygen atoms in total. The van der Waals surface area contributed by atoms with Gasteiger partial charge in [0, 0.05) is 57.9 Å². The molecule has 2 aliphatic heterocycles. The molecule has 2 aliphatic rings. The molecule has 0 aliphatic carbocycles. The predicted molar refractivity (Wildman–Crippen MR) is 108 cm³/mol. The van der Waals surface area contributed by atoms with Crippen LogP contribution in [0.1, 0.15) is 51.5 Å². The van der Waals surface area contributed by atoms with Gasteiger partial charge >= 0.3 is 0 Å². The number of aliphatic imine (C=N–C) groups is 1. The summed E-state index contributed by atoms with van der Waals surface area (Å²) in [6, 6.07) is 0.647. The lowest BCUT2D eigenvalue weighted by molar-refractivity contribution is 0.143. The molecule has 0 saturated carbocycles. The molecule has 146 valence electrons. The monoisotopic (exact) mass is 360 g/mol. The van der Waals surface area contributed by atoms with Crippen LogP contribution in [0.2, 0.25) is 0 Å². The van der Waals surface area contributed by atoms with Gasteiger partial charge in [-0.2, -0.15) is 5.10 Å². The fraction of sp³-hybridized carbons (Fsp3) is 0.800. The van der Waals surface area contributed by atoms with Crippen molar-refractivity contribution in [3.05, 3.63) is 18.0 Å². The van der Waals surface area contributed by atoms with Gasteiger partial charge in [0.25, 0.3) is 0 Å². The van der Waals surface area contributed by atoms with Crippen molar-refractivity contribution in [2.24, 2.45) is 18.0 Å². The fourth-order valence-corrected chi connectivity index (χ4v) is 4.23. The van der Waals surface area contributed by atoms with Gasteiger partial charge in [0.05, 0.1) is 6.20 Å². The summed E-state index contributed by atoms with van der Waals surface area (Å²) >= 11 is 0. The van der Waals surface area contributed by atoms with E-state index < -0.39 is 0 Å². The Morgan fingerprint density at radius 1 is 1.31 bits per heavy atom. The lowest BCUT2D eigenvalue weighted by atomic mass is 9.97. The number of hydrogen-bond donors (Lipinski definition) is 1. The summed E-state index contributed by atoms with van der Waals surface area (Å²) in [4.78, 5) is 10.1. The zero-order valence-corrected chi connectivity index (χ0v) is 17.0. The summed E-state index contributed by atoms with van der Waals surface area (Å²) in [7, 11) is 1.99. The van der Waals surface area contributed by atoms with Crippen LogP contribution in [0.3, 0.4) is 0 Å². The molecule has 3 rings (SSSR count). The number of hydrogen-bond acceptors (Lipinski definition) is 3. The number of rotatable bonds is 5. The minimum atomic E-state index is 0.568. The van der Waals surface area contributed by atoms with Gasteiger partial charge in [-0.05, 0) is 58.1 Å². The summed E-state index contributed by atoms with van der Waals surface area (Å²) in [5, 5.41) is 7.85. The Bertz CT molecular complexity index is 593. The Morgan fingerprint density at radius 2 is 2.15 bits per heavy atom. The van der Waals surface area contributed by atoms with Crippen LogP contribution in [0.25, 0.3) is 0 Å². The third-order valence-corrected chi connectivity index (χ3v) is 5.80. The van der Waals surface area contributed by atoms with Gasteiger partial charge in [0.15, 0.2) is 5.96 Å². The lowest BCUT2D eigenvalue weighted by Crippen LogP contribution is -2.42. The van der Waals surface area contributed by atoms with E-state index in [-0.39, 0.29) is 0 Å². The molecule has 3 heterocycles. The highest BCUT2D eigenvalue weighted by Crippen LogP contribution is 2.27. The molecule has 2 unspecified atom stereocenters. The molecular formula is C20H36N6. The quantitative estimate of drug-likeness (QED) is 0.647. The minimum absolute atomic E-state index is 0.568. The van der Waals surface area contributed by atoms with Crippen molar-refractivity contribution in [1.29, 1.82) is 0 Å². The maximum atomic E-state index is 5.03. The van der Waals surface area contributed by atoms with Crippen LogP contribution >= 0.6 is 0 Å². The van der Waals surface area contributed by atoms with Gasteiger partial charge in [0.2, 0.25) is 0 Å². The second-order valence-electron chi connectivity index (χ2n) is 8.17. The molecule has 6 heteroatoms. The van der Waals surface area contributed by atoms with Gasteiger partial charge in [-0.1, -0.05) is 0 Å². The molecule has 0 amide bonds. The molecule has 2 saturated heterocycles. The average molecular weight is 361 g/mol. The van der Waals surface area contributed by atoms with Crippen molar-refractivity contribution in [3.63, 3.8) is 0 Å². The van der Waals surface area contributed by atoms with E-state index in [1.807, 2.05) is 17.9 Å². The van der Waals surface area contributed by atoms with Crippen molar-refractivity contribution in [1.82, 2.24) is 24.9 Å². The zero-order chi connectivity index (χ0) is 18.5. The highest BCUT2D eigenvalue weighted by Gasteiger charge is 2.27. The minimum Gasteiger partial charge on any atom is -0.357 e. The first-order valence-electron chi connectivity index (χ1n) is 10.3. The smallest absolute Gasteiger partial charge is 0.193 e. The van der Waals surface area contributed by atoms with Gasteiger partial charge in [0.1, 0.15) is 0 Å². The van der Waals surface area contributed by atoms with Gasteiger partial charge in [-0.15, -0.1) is 0 Å². The van der Waals surface area contributed by atoms with Crippen LogP contribution in [0.5, 0.6) is 0 Å². The summed E-state index contributed by atoms with van der Waals surface area (Å²) in [6.45, 7) is 13.2. The highest BCUT2D eigenvalue weighted by atomic mass is 15.3. The Balaban J connectivity index is 1.59. The Hall–Kier alpha value is -1.56. The summed E-state index contributed by atoms with van der Waals surface area (Å²) in [6.07, 6.45) is 7.97. The number of guanidine groups is 1. The Morgan fingerprint density at radius 3 is 2.85 bits per heavy atom. The number of piperidine rings is 1. The summed E-state index contributed by atoms with van der Waals surface area (Å²) in [5.41, 5.74) is 1.35. The zero-order valence-electron chi connectivity index (χ0n) is 17.0. The molecule has 0 aromatic carbocycles. The van der Waals surface area contributed by atoms with E-state index in [1.165, 1.54) is 37.9 Å². The average Bonchev–Trinajstić information content (AvgIpc) is 3.28. The van der Waals surface area contributed by atoms with Crippen LogP contribution in [-0.2, 0) is 7.05 Å². The van der Waals surface area contributed by atoms with Gasteiger partial charge < -0.3 is 15.1 Å². The summed E-state index contributed by atoms with van der Waals surface area (Å²) < 4.78 is 1.90. The van der Waals surface area contributed by atoms with E-state index in [2.05, 4.69) is 47.2 Å². The van der Waals surface area contributed by atoms with E-state index in [0.29, 0.717) is 17.9 Å². The van der Waals surface area contributed by atoms with Crippen LogP contribution in [0.15, 0.2) is 17.4 Å². The largest absolute Gasteiger partial charge is 0.357 e. The molecule has 0 bridgehead atoms. The van der Waals surface area contributed by atoms with Gasteiger partial charge in [-0.25, -0.2) is 0 Å². The van der Waals surface area contributed by atoms with Crippen molar-refractivity contribution >= 4 is 5.96 Å². The SMILES string of the molecule is CCNC(=NCC1CCCN(C(C)C)C1)N1CCC(c2cnn(C)c2)C1. The van der Waals surface area contributed by atoms with Crippen molar-refractivity contribution in [2.75, 3.05) is 39.3 Å². The Kier molecular flexibility index (Phi) is 6.57. The third-order valence-electron chi connectivity index (χ3n) is 5.80. The van der Waals surface area contributed by atoms with E-state index >= 15 is 0 Å². The second-order valence-corrected chi connectivity index (χ2v) is 8.17. The maximum absolute atomic E-state index is 5.03. The molecular weight excluding hydrogens is 324 g/mol. The molecule has 0 spiro atoms. The maximum Gasteiger partial charge on any atom is 0.193 e. The van der Waals surface area contributed by atoms with Crippen LogP contribution in [0.4, 0.5) is 0 Å². The van der Waals surface area contributed by atoms with Crippen molar-refractivity contribution in [2.45, 2.75) is 52.0 Å². The topological polar surface area (TPSA) is 48.7 Å². The molecule has 26 heavy (non-hydrogen) atoms. The fourth-order valence-electron chi connectivity index (χ4n) is 4.23. The van der Waals surface area contributed by atoms with Crippen molar-refractivity contribution in [3.8, 4) is 0 Å². The first-order valence-corrected chi connectivity index (χ1v) is 10.3. The first-order chi connectivity index (χ1) is 12.6. The highest BCUT2D eigenvalue weighted by molar-refractivity contribution is 5.80. The van der Waals surface area contributed by atoms with E-state index in [1.54, 1.807) is 0 Å². The molecule has 1 aromatic heterocycles. The van der Waals surface area contributed by atoms with E-state index in [0.717, 1.165) is 32.1 Å². The number of nitrogens with one attached hydrogen (secondary N) is 1. The summed E-state index contributed by atoms with van der Waals surface area (Å²) in [5.74, 6) is 2.36. The molecule has 2 atom stereocenters. The van der Waals surface area contributed by atoms with Crippen molar-refractivity contribution < 1.29 is 0 Å². The number of likely N-dealkylation sites (tertiary alicyclic amines) is 2. The first kappa shape index (κ1) is 19.2. The normalized spacial score (nSPS) is 25.3. The second kappa shape index (κ2) is 8.89. The predicted octanol–water partition coefficient (Wildman–Crippen LogP) is 2.30. The van der Waals surface area contributed by atoms with E-state index in [9.17, 15) is 0 Å². The molecule has 1 N–H and O–H groups in total. The number of aromatic nitrogens is 2. The van der Waals surface area contributed by atoms with E-state index in [4.69, 9.17) is 4.99 Å². The lowest BCUT2D eigenvalue weighted by Gasteiger charge is -2.35. The Labute approximate surface area is 158 Å². The van der Waals surface area contributed by atoms with Crippen LogP contribution in [0, 0.1) is 5.92 Å².